The fraction of sp³-hybridized carbons (Fsp3) is 0.818. The molecule has 0 aromatic heterocycles. The van der Waals surface area contributed by atoms with Crippen molar-refractivity contribution >= 4 is 11.9 Å². The third-order valence-electron chi connectivity index (χ3n) is 2.07. The van der Waals surface area contributed by atoms with Crippen LogP contribution in [0.15, 0.2) is 0 Å². The molecule has 88 valence electrons. The summed E-state index contributed by atoms with van der Waals surface area (Å²) in [6.45, 7) is 5.85. The van der Waals surface area contributed by atoms with Crippen LogP contribution in [-0.2, 0) is 14.3 Å². The van der Waals surface area contributed by atoms with Gasteiger partial charge in [-0.3, -0.25) is 9.59 Å². The standard InChI is InChI=1S/C11H21NO3/c1-4-6-10(5-2)15-11(14)7-8-12-9(3)13/h10H,4-8H2,1-3H3,(H,12,13). The van der Waals surface area contributed by atoms with Gasteiger partial charge >= 0.3 is 5.97 Å². The highest BCUT2D eigenvalue weighted by Gasteiger charge is 2.11. The summed E-state index contributed by atoms with van der Waals surface area (Å²) >= 11 is 0. The van der Waals surface area contributed by atoms with Crippen molar-refractivity contribution in [3.8, 4) is 0 Å². The van der Waals surface area contributed by atoms with Crippen LogP contribution in [0.4, 0.5) is 0 Å². The normalized spacial score (nSPS) is 11.9. The van der Waals surface area contributed by atoms with E-state index < -0.39 is 0 Å². The van der Waals surface area contributed by atoms with Crippen LogP contribution in [0.2, 0.25) is 0 Å². The van der Waals surface area contributed by atoms with E-state index in [1.54, 1.807) is 0 Å². The van der Waals surface area contributed by atoms with Gasteiger partial charge in [0.2, 0.25) is 5.91 Å². The highest BCUT2D eigenvalue weighted by atomic mass is 16.5. The van der Waals surface area contributed by atoms with Crippen molar-refractivity contribution in [2.24, 2.45) is 0 Å². The molecule has 1 amide bonds. The predicted molar refractivity (Wildman–Crippen MR) is 58.4 cm³/mol. The average molecular weight is 215 g/mol. The lowest BCUT2D eigenvalue weighted by Crippen LogP contribution is -2.25. The van der Waals surface area contributed by atoms with Crippen LogP contribution < -0.4 is 5.32 Å². The molecular formula is C11H21NO3. The van der Waals surface area contributed by atoms with Crippen LogP contribution in [0.1, 0.15) is 46.5 Å². The molecule has 0 saturated heterocycles. The maximum atomic E-state index is 11.3. The van der Waals surface area contributed by atoms with Gasteiger partial charge in [0.05, 0.1) is 6.42 Å². The molecule has 0 aromatic rings. The monoisotopic (exact) mass is 215 g/mol. The average Bonchev–Trinajstić information content (AvgIpc) is 2.16. The minimum atomic E-state index is -0.232. The van der Waals surface area contributed by atoms with Crippen molar-refractivity contribution in [1.82, 2.24) is 5.32 Å². The maximum Gasteiger partial charge on any atom is 0.307 e. The minimum Gasteiger partial charge on any atom is -0.462 e. The van der Waals surface area contributed by atoms with Crippen molar-refractivity contribution in [3.63, 3.8) is 0 Å². The molecule has 0 aliphatic heterocycles. The molecule has 0 aliphatic carbocycles. The number of ether oxygens (including phenoxy) is 1. The first-order valence-corrected chi connectivity index (χ1v) is 5.54. The number of esters is 1. The van der Waals surface area contributed by atoms with Gasteiger partial charge in [0.1, 0.15) is 6.10 Å². The first-order valence-electron chi connectivity index (χ1n) is 5.54. The third kappa shape index (κ3) is 7.97. The van der Waals surface area contributed by atoms with Gasteiger partial charge in [0.15, 0.2) is 0 Å². The summed E-state index contributed by atoms with van der Waals surface area (Å²) in [5.41, 5.74) is 0. The minimum absolute atomic E-state index is 0.0276. The van der Waals surface area contributed by atoms with Gasteiger partial charge in [-0.15, -0.1) is 0 Å². The molecule has 0 radical (unpaired) electrons. The number of hydrogen-bond acceptors (Lipinski definition) is 3. The van der Waals surface area contributed by atoms with E-state index >= 15 is 0 Å². The van der Waals surface area contributed by atoms with Gasteiger partial charge in [0, 0.05) is 13.5 Å². The number of rotatable bonds is 7. The zero-order valence-corrected chi connectivity index (χ0v) is 9.84. The van der Waals surface area contributed by atoms with Crippen molar-refractivity contribution in [2.45, 2.75) is 52.6 Å². The second kappa shape index (κ2) is 8.26. The molecule has 1 N–H and O–H groups in total. The van der Waals surface area contributed by atoms with Crippen LogP contribution >= 0.6 is 0 Å². The summed E-state index contributed by atoms with van der Waals surface area (Å²) in [5.74, 6) is -0.354. The Morgan fingerprint density at radius 2 is 2.00 bits per heavy atom. The van der Waals surface area contributed by atoms with E-state index in [0.29, 0.717) is 6.54 Å². The fourth-order valence-corrected chi connectivity index (χ4v) is 1.25. The smallest absolute Gasteiger partial charge is 0.307 e. The number of amides is 1. The largest absolute Gasteiger partial charge is 0.462 e. The molecule has 1 atom stereocenters. The van der Waals surface area contributed by atoms with E-state index in [9.17, 15) is 9.59 Å². The lowest BCUT2D eigenvalue weighted by Gasteiger charge is -2.15. The van der Waals surface area contributed by atoms with Gasteiger partial charge in [-0.25, -0.2) is 0 Å². The van der Waals surface area contributed by atoms with E-state index in [1.807, 2.05) is 6.92 Å². The Bertz CT molecular complexity index is 204. The summed E-state index contributed by atoms with van der Waals surface area (Å²) in [6.07, 6.45) is 3.04. The SMILES string of the molecule is CCCC(CC)OC(=O)CCNC(C)=O. The lowest BCUT2D eigenvalue weighted by molar-refractivity contribution is -0.149. The summed E-state index contributed by atoms with van der Waals surface area (Å²) in [6, 6.07) is 0. The van der Waals surface area contributed by atoms with E-state index in [-0.39, 0.29) is 24.4 Å². The number of carbonyl (C=O) groups is 2. The second-order valence-corrected chi connectivity index (χ2v) is 3.54. The fourth-order valence-electron chi connectivity index (χ4n) is 1.25. The maximum absolute atomic E-state index is 11.3. The Hall–Kier alpha value is -1.06. The van der Waals surface area contributed by atoms with Crippen molar-refractivity contribution in [3.05, 3.63) is 0 Å². The van der Waals surface area contributed by atoms with Gasteiger partial charge in [-0.1, -0.05) is 20.3 Å². The first-order chi connectivity index (χ1) is 7.10. The molecule has 0 bridgehead atoms. The molecule has 0 spiro atoms. The zero-order valence-electron chi connectivity index (χ0n) is 9.84. The molecule has 0 rings (SSSR count). The Balaban J connectivity index is 3.66. The third-order valence-corrected chi connectivity index (χ3v) is 2.07. The van der Waals surface area contributed by atoms with Crippen LogP contribution in [0.3, 0.4) is 0 Å². The quantitative estimate of drug-likeness (QED) is 0.657. The summed E-state index contributed by atoms with van der Waals surface area (Å²) < 4.78 is 5.23. The van der Waals surface area contributed by atoms with E-state index in [2.05, 4.69) is 12.2 Å². The van der Waals surface area contributed by atoms with Crippen LogP contribution in [-0.4, -0.2) is 24.5 Å². The highest BCUT2D eigenvalue weighted by Crippen LogP contribution is 2.07. The van der Waals surface area contributed by atoms with Crippen molar-refractivity contribution < 1.29 is 14.3 Å². The molecule has 0 fully saturated rings. The van der Waals surface area contributed by atoms with Crippen molar-refractivity contribution in [2.75, 3.05) is 6.54 Å². The van der Waals surface area contributed by atoms with E-state index in [4.69, 9.17) is 4.74 Å². The molecule has 4 heteroatoms. The zero-order chi connectivity index (χ0) is 11.7. The van der Waals surface area contributed by atoms with Crippen LogP contribution in [0, 0.1) is 0 Å². The predicted octanol–water partition coefficient (Wildman–Crippen LogP) is 1.63. The van der Waals surface area contributed by atoms with Gasteiger partial charge < -0.3 is 10.1 Å². The van der Waals surface area contributed by atoms with Crippen molar-refractivity contribution in [1.29, 1.82) is 0 Å². The summed E-state index contributed by atoms with van der Waals surface area (Å²) in [7, 11) is 0. The lowest BCUT2D eigenvalue weighted by atomic mass is 10.1. The topological polar surface area (TPSA) is 55.4 Å². The summed E-state index contributed by atoms with van der Waals surface area (Å²) in [5, 5.41) is 2.56. The van der Waals surface area contributed by atoms with E-state index in [1.165, 1.54) is 6.92 Å². The number of hydrogen-bond donors (Lipinski definition) is 1. The molecule has 0 saturated carbocycles. The molecular weight excluding hydrogens is 194 g/mol. The molecule has 15 heavy (non-hydrogen) atoms. The van der Waals surface area contributed by atoms with Crippen LogP contribution in [0.5, 0.6) is 0 Å². The Morgan fingerprint density at radius 1 is 1.33 bits per heavy atom. The Labute approximate surface area is 91.4 Å². The number of carbonyl (C=O) groups excluding carboxylic acids is 2. The molecule has 1 unspecified atom stereocenters. The Kier molecular flexibility index (Phi) is 7.68. The molecule has 0 heterocycles. The molecule has 0 aliphatic rings. The van der Waals surface area contributed by atoms with Gasteiger partial charge in [-0.05, 0) is 12.8 Å². The summed E-state index contributed by atoms with van der Waals surface area (Å²) in [4.78, 5) is 21.8. The molecule has 4 nitrogen and oxygen atoms in total. The van der Waals surface area contributed by atoms with Crippen LogP contribution in [0.25, 0.3) is 0 Å². The van der Waals surface area contributed by atoms with Gasteiger partial charge in [-0.2, -0.15) is 0 Å². The first kappa shape index (κ1) is 13.9. The number of nitrogens with one attached hydrogen (secondary N) is 1. The second-order valence-electron chi connectivity index (χ2n) is 3.54. The highest BCUT2D eigenvalue weighted by molar-refractivity contribution is 5.74. The molecule has 0 aromatic carbocycles. The van der Waals surface area contributed by atoms with E-state index in [0.717, 1.165) is 19.3 Å². The van der Waals surface area contributed by atoms with Gasteiger partial charge in [0.25, 0.3) is 0 Å². The Morgan fingerprint density at radius 3 is 2.47 bits per heavy atom.